The van der Waals surface area contributed by atoms with Gasteiger partial charge in [-0.2, -0.15) is 0 Å². The van der Waals surface area contributed by atoms with Crippen LogP contribution in [0.2, 0.25) is 0 Å². The van der Waals surface area contributed by atoms with E-state index in [1.54, 1.807) is 0 Å². The van der Waals surface area contributed by atoms with E-state index in [-0.39, 0.29) is 18.3 Å². The number of nitrogens with two attached hydrogens (primary N) is 1. The molecular formula is C18H28ClN3O. The van der Waals surface area contributed by atoms with Gasteiger partial charge in [-0.1, -0.05) is 30.3 Å². The fraction of sp³-hybridized carbons (Fsp3) is 0.611. The minimum atomic E-state index is 0. The van der Waals surface area contributed by atoms with Crippen molar-refractivity contribution in [2.75, 3.05) is 39.8 Å². The molecule has 0 radical (unpaired) electrons. The van der Waals surface area contributed by atoms with Crippen LogP contribution in [0.3, 0.4) is 0 Å². The quantitative estimate of drug-likeness (QED) is 0.863. The molecule has 2 aliphatic rings. The molecule has 1 saturated carbocycles. The van der Waals surface area contributed by atoms with Crippen LogP contribution >= 0.6 is 12.4 Å². The second-order valence-corrected chi connectivity index (χ2v) is 6.92. The van der Waals surface area contributed by atoms with E-state index in [1.165, 1.54) is 18.4 Å². The van der Waals surface area contributed by atoms with Crippen LogP contribution in [0.15, 0.2) is 30.3 Å². The maximum absolute atomic E-state index is 12.4. The first-order valence-electron chi connectivity index (χ1n) is 8.38. The predicted octanol–water partition coefficient (Wildman–Crippen LogP) is 1.95. The summed E-state index contributed by atoms with van der Waals surface area (Å²) in [5.41, 5.74) is 7.31. The molecule has 2 fully saturated rings. The molecule has 3 rings (SSSR count). The number of hydrogen-bond acceptors (Lipinski definition) is 3. The van der Waals surface area contributed by atoms with E-state index < -0.39 is 0 Å². The van der Waals surface area contributed by atoms with E-state index in [9.17, 15) is 4.79 Å². The van der Waals surface area contributed by atoms with Crippen LogP contribution < -0.4 is 5.73 Å². The molecule has 1 aromatic rings. The Labute approximate surface area is 145 Å². The number of likely N-dealkylation sites (tertiary alicyclic amines) is 1. The summed E-state index contributed by atoms with van der Waals surface area (Å²) in [7, 11) is 1.94. The monoisotopic (exact) mass is 337 g/mol. The van der Waals surface area contributed by atoms with E-state index in [0.29, 0.717) is 24.9 Å². The van der Waals surface area contributed by atoms with Gasteiger partial charge in [0.2, 0.25) is 5.91 Å². The van der Waals surface area contributed by atoms with E-state index in [4.69, 9.17) is 5.73 Å². The molecule has 0 aromatic heterocycles. The van der Waals surface area contributed by atoms with E-state index in [0.717, 1.165) is 25.6 Å². The van der Waals surface area contributed by atoms with Crippen molar-refractivity contribution in [3.8, 4) is 0 Å². The van der Waals surface area contributed by atoms with Crippen LogP contribution in [0.1, 0.15) is 24.3 Å². The van der Waals surface area contributed by atoms with Crippen LogP contribution in [0.4, 0.5) is 0 Å². The van der Waals surface area contributed by atoms with Gasteiger partial charge in [-0.05, 0) is 36.8 Å². The Kier molecular flexibility index (Phi) is 6.45. The number of nitrogens with zero attached hydrogens (tertiary/aromatic N) is 2. The molecule has 2 N–H and O–H groups in total. The fourth-order valence-corrected chi connectivity index (χ4v) is 3.51. The smallest absolute Gasteiger partial charge is 0.236 e. The van der Waals surface area contributed by atoms with Gasteiger partial charge in [-0.3, -0.25) is 9.69 Å². The Morgan fingerprint density at radius 3 is 2.57 bits per heavy atom. The highest BCUT2D eigenvalue weighted by Gasteiger charge is 2.34. The molecular weight excluding hydrogens is 310 g/mol. The lowest BCUT2D eigenvalue weighted by Gasteiger charge is -2.21. The summed E-state index contributed by atoms with van der Waals surface area (Å²) >= 11 is 0. The van der Waals surface area contributed by atoms with E-state index >= 15 is 0 Å². The molecule has 2 atom stereocenters. The number of rotatable bonds is 6. The molecule has 1 aliphatic heterocycles. The Morgan fingerprint density at radius 1 is 1.26 bits per heavy atom. The Morgan fingerprint density at radius 2 is 1.96 bits per heavy atom. The first kappa shape index (κ1) is 18.2. The van der Waals surface area contributed by atoms with Gasteiger partial charge in [-0.15, -0.1) is 12.4 Å². The number of halogens is 1. The van der Waals surface area contributed by atoms with Gasteiger partial charge in [0, 0.05) is 32.6 Å². The van der Waals surface area contributed by atoms with Crippen molar-refractivity contribution in [3.05, 3.63) is 35.9 Å². The molecule has 0 unspecified atom stereocenters. The van der Waals surface area contributed by atoms with E-state index in [2.05, 4.69) is 29.2 Å². The Hall–Kier alpha value is -1.10. The number of amides is 1. The summed E-state index contributed by atoms with van der Waals surface area (Å²) in [5, 5.41) is 0. The SMILES string of the molecule is CN(CC1CC1)C(=O)CN1C[C@@H](CN)[C@H](c2ccccc2)C1.Cl. The van der Waals surface area contributed by atoms with Crippen molar-refractivity contribution in [3.63, 3.8) is 0 Å². The van der Waals surface area contributed by atoms with Gasteiger partial charge in [0.05, 0.1) is 6.54 Å². The highest BCUT2D eigenvalue weighted by atomic mass is 35.5. The lowest BCUT2D eigenvalue weighted by atomic mass is 9.89. The van der Waals surface area contributed by atoms with Crippen LogP contribution in [-0.2, 0) is 4.79 Å². The minimum Gasteiger partial charge on any atom is -0.344 e. The minimum absolute atomic E-state index is 0. The second-order valence-electron chi connectivity index (χ2n) is 6.92. The maximum Gasteiger partial charge on any atom is 0.236 e. The molecule has 0 bridgehead atoms. The van der Waals surface area contributed by atoms with Gasteiger partial charge in [-0.25, -0.2) is 0 Å². The van der Waals surface area contributed by atoms with Crippen molar-refractivity contribution in [1.82, 2.24) is 9.80 Å². The van der Waals surface area contributed by atoms with Gasteiger partial charge in [0.1, 0.15) is 0 Å². The molecule has 23 heavy (non-hydrogen) atoms. The summed E-state index contributed by atoms with van der Waals surface area (Å²) in [5.74, 6) is 1.90. The molecule has 1 aromatic carbocycles. The predicted molar refractivity (Wildman–Crippen MR) is 95.8 cm³/mol. The largest absolute Gasteiger partial charge is 0.344 e. The summed E-state index contributed by atoms with van der Waals surface area (Å²) in [6.45, 7) is 4.01. The highest BCUT2D eigenvalue weighted by Crippen LogP contribution is 2.32. The van der Waals surface area contributed by atoms with Gasteiger partial charge in [0.25, 0.3) is 0 Å². The van der Waals surface area contributed by atoms with Crippen molar-refractivity contribution >= 4 is 18.3 Å². The standard InChI is InChI=1S/C18H27N3O.ClH/c1-20(10-14-7-8-14)18(22)13-21-11-16(9-19)17(12-21)15-5-3-2-4-6-15;/h2-6,14,16-17H,7-13,19H2,1H3;1H/t16-,17+;/m1./s1. The number of likely N-dealkylation sites (N-methyl/N-ethyl adjacent to an activating group) is 1. The van der Waals surface area contributed by atoms with Gasteiger partial charge in [0.15, 0.2) is 0 Å². The average molecular weight is 338 g/mol. The molecule has 1 heterocycles. The fourth-order valence-electron chi connectivity index (χ4n) is 3.51. The third-order valence-electron chi connectivity index (χ3n) is 5.06. The average Bonchev–Trinajstić information content (AvgIpc) is 3.25. The van der Waals surface area contributed by atoms with Crippen molar-refractivity contribution < 1.29 is 4.79 Å². The van der Waals surface area contributed by atoms with Gasteiger partial charge < -0.3 is 10.6 Å². The number of carbonyl (C=O) groups is 1. The number of benzene rings is 1. The third kappa shape index (κ3) is 4.69. The molecule has 5 heteroatoms. The number of hydrogen-bond donors (Lipinski definition) is 1. The van der Waals surface area contributed by atoms with Crippen molar-refractivity contribution in [1.29, 1.82) is 0 Å². The lowest BCUT2D eigenvalue weighted by Crippen LogP contribution is -2.38. The lowest BCUT2D eigenvalue weighted by molar-refractivity contribution is -0.131. The first-order valence-corrected chi connectivity index (χ1v) is 8.38. The molecule has 1 saturated heterocycles. The number of carbonyl (C=O) groups excluding carboxylic acids is 1. The summed E-state index contributed by atoms with van der Waals surface area (Å²) in [4.78, 5) is 16.5. The van der Waals surface area contributed by atoms with Crippen LogP contribution in [0.25, 0.3) is 0 Å². The second kappa shape index (κ2) is 8.13. The highest BCUT2D eigenvalue weighted by molar-refractivity contribution is 5.85. The Balaban J connectivity index is 0.00000192. The van der Waals surface area contributed by atoms with Crippen LogP contribution in [0.5, 0.6) is 0 Å². The summed E-state index contributed by atoms with van der Waals surface area (Å²) < 4.78 is 0. The van der Waals surface area contributed by atoms with Gasteiger partial charge >= 0.3 is 0 Å². The molecule has 0 spiro atoms. The van der Waals surface area contributed by atoms with Crippen molar-refractivity contribution in [2.45, 2.75) is 18.8 Å². The molecule has 128 valence electrons. The molecule has 4 nitrogen and oxygen atoms in total. The third-order valence-corrected chi connectivity index (χ3v) is 5.06. The normalized spacial score (nSPS) is 24.3. The summed E-state index contributed by atoms with van der Waals surface area (Å²) in [6, 6.07) is 10.6. The van der Waals surface area contributed by atoms with Crippen LogP contribution in [-0.4, -0.2) is 55.5 Å². The van der Waals surface area contributed by atoms with E-state index in [1.807, 2.05) is 18.0 Å². The zero-order chi connectivity index (χ0) is 15.5. The molecule has 1 amide bonds. The zero-order valence-corrected chi connectivity index (χ0v) is 14.7. The molecule has 1 aliphatic carbocycles. The first-order chi connectivity index (χ1) is 10.7. The van der Waals surface area contributed by atoms with Crippen molar-refractivity contribution in [2.24, 2.45) is 17.6 Å². The topological polar surface area (TPSA) is 49.6 Å². The zero-order valence-electron chi connectivity index (χ0n) is 13.9. The maximum atomic E-state index is 12.4. The van der Waals surface area contributed by atoms with Crippen LogP contribution in [0, 0.1) is 11.8 Å². The Bertz CT molecular complexity index is 506. The summed E-state index contributed by atoms with van der Waals surface area (Å²) in [6.07, 6.45) is 2.57.